The summed E-state index contributed by atoms with van der Waals surface area (Å²) < 4.78 is 0. The second-order valence-corrected chi connectivity index (χ2v) is 7.72. The molecule has 1 saturated carbocycles. The van der Waals surface area contributed by atoms with Gasteiger partial charge in [-0.15, -0.1) is 0 Å². The molecular formula is C19H28N4O. The van der Waals surface area contributed by atoms with Crippen molar-refractivity contribution in [2.75, 3.05) is 32.7 Å². The Bertz CT molecular complexity index is 572. The summed E-state index contributed by atoms with van der Waals surface area (Å²) >= 11 is 0. The van der Waals surface area contributed by atoms with E-state index in [0.29, 0.717) is 12.5 Å². The van der Waals surface area contributed by atoms with Gasteiger partial charge in [0.15, 0.2) is 0 Å². The number of hydrogen-bond acceptors (Lipinski definition) is 4. The molecule has 0 radical (unpaired) electrons. The van der Waals surface area contributed by atoms with Crippen molar-refractivity contribution < 1.29 is 4.79 Å². The van der Waals surface area contributed by atoms with Gasteiger partial charge in [0.1, 0.15) is 0 Å². The first-order valence-corrected chi connectivity index (χ1v) is 9.40. The fraction of sp³-hybridized carbons (Fsp3) is 0.684. The molecule has 5 nitrogen and oxygen atoms in total. The highest BCUT2D eigenvalue weighted by atomic mass is 16.2. The zero-order valence-corrected chi connectivity index (χ0v) is 14.3. The van der Waals surface area contributed by atoms with E-state index in [-0.39, 0.29) is 11.3 Å². The van der Waals surface area contributed by atoms with Crippen molar-refractivity contribution in [2.45, 2.75) is 38.1 Å². The van der Waals surface area contributed by atoms with Crippen molar-refractivity contribution in [3.63, 3.8) is 0 Å². The molecular weight excluding hydrogens is 300 g/mol. The Labute approximate surface area is 144 Å². The van der Waals surface area contributed by atoms with Crippen LogP contribution in [0.3, 0.4) is 0 Å². The van der Waals surface area contributed by atoms with E-state index < -0.39 is 0 Å². The summed E-state index contributed by atoms with van der Waals surface area (Å²) in [4.78, 5) is 19.8. The average molecular weight is 328 g/mol. The lowest BCUT2D eigenvalue weighted by molar-refractivity contribution is -0.130. The first-order chi connectivity index (χ1) is 11.8. The topological polar surface area (TPSA) is 57.3 Å². The molecule has 0 unspecified atom stereocenters. The molecule has 4 rings (SSSR count). The summed E-state index contributed by atoms with van der Waals surface area (Å²) in [7, 11) is 0. The number of nitrogens with one attached hydrogen (secondary N) is 2. The van der Waals surface area contributed by atoms with Crippen LogP contribution in [0.4, 0.5) is 0 Å². The largest absolute Gasteiger partial charge is 0.355 e. The van der Waals surface area contributed by atoms with Crippen LogP contribution in [0.1, 0.15) is 31.2 Å². The van der Waals surface area contributed by atoms with Crippen LogP contribution in [0.15, 0.2) is 24.5 Å². The number of rotatable bonds is 5. The maximum absolute atomic E-state index is 13.0. The van der Waals surface area contributed by atoms with Crippen molar-refractivity contribution >= 4 is 5.91 Å². The predicted octanol–water partition coefficient (Wildman–Crippen LogP) is 1.20. The van der Waals surface area contributed by atoms with Crippen LogP contribution in [-0.2, 0) is 11.2 Å². The monoisotopic (exact) mass is 328 g/mol. The molecule has 2 N–H and O–H groups in total. The lowest BCUT2D eigenvalue weighted by Crippen LogP contribution is -2.48. The highest BCUT2D eigenvalue weighted by Gasteiger charge is 2.55. The average Bonchev–Trinajstić information content (AvgIpc) is 3.31. The lowest BCUT2D eigenvalue weighted by Gasteiger charge is -2.29. The highest BCUT2D eigenvalue weighted by Crippen LogP contribution is 2.42. The minimum absolute atomic E-state index is 0.211. The number of carbonyl (C=O) groups is 1. The summed E-state index contributed by atoms with van der Waals surface area (Å²) in [5.74, 6) is 0.721. The summed E-state index contributed by atoms with van der Waals surface area (Å²) in [5, 5.41) is 6.68. The van der Waals surface area contributed by atoms with Crippen LogP contribution >= 0.6 is 0 Å². The number of amides is 1. The molecule has 0 aromatic carbocycles. The van der Waals surface area contributed by atoms with Crippen molar-refractivity contribution in [2.24, 2.45) is 11.3 Å². The maximum Gasteiger partial charge on any atom is 0.229 e. The fourth-order valence-corrected chi connectivity index (χ4v) is 4.87. The van der Waals surface area contributed by atoms with Gasteiger partial charge in [0.2, 0.25) is 5.91 Å². The molecule has 1 aromatic heterocycles. The Morgan fingerprint density at radius 2 is 2.29 bits per heavy atom. The number of hydrogen-bond donors (Lipinski definition) is 2. The maximum atomic E-state index is 13.0. The van der Waals surface area contributed by atoms with Gasteiger partial charge >= 0.3 is 0 Å². The molecule has 2 saturated heterocycles. The van der Waals surface area contributed by atoms with Gasteiger partial charge in [-0.1, -0.05) is 18.9 Å². The van der Waals surface area contributed by atoms with E-state index in [0.717, 1.165) is 38.6 Å². The van der Waals surface area contributed by atoms with Crippen molar-refractivity contribution in [3.05, 3.63) is 30.1 Å². The van der Waals surface area contributed by atoms with E-state index in [1.54, 1.807) is 6.20 Å². The molecule has 3 aliphatic rings. The molecule has 5 heteroatoms. The molecule has 1 aromatic rings. The van der Waals surface area contributed by atoms with Crippen LogP contribution in [-0.4, -0.2) is 54.6 Å². The lowest BCUT2D eigenvalue weighted by atomic mass is 9.80. The van der Waals surface area contributed by atoms with Gasteiger partial charge in [-0.05, 0) is 30.9 Å². The van der Waals surface area contributed by atoms with Crippen LogP contribution in [0, 0.1) is 11.3 Å². The SMILES string of the molecule is O=C(NCCc1cccnc1)[C@]12CNC[C@H]1CN(C1CCCC1)C2. The minimum atomic E-state index is -0.211. The summed E-state index contributed by atoms with van der Waals surface area (Å²) in [6.45, 7) is 4.54. The zero-order valence-electron chi connectivity index (χ0n) is 14.3. The third-order valence-corrected chi connectivity index (χ3v) is 6.27. The molecule has 0 bridgehead atoms. The van der Waals surface area contributed by atoms with E-state index in [1.165, 1.54) is 31.2 Å². The number of likely N-dealkylation sites (tertiary alicyclic amines) is 1. The first kappa shape index (κ1) is 16.0. The van der Waals surface area contributed by atoms with E-state index in [2.05, 4.69) is 26.6 Å². The Balaban J connectivity index is 1.36. The van der Waals surface area contributed by atoms with Crippen molar-refractivity contribution in [3.8, 4) is 0 Å². The normalized spacial score (nSPS) is 30.6. The van der Waals surface area contributed by atoms with Gasteiger partial charge < -0.3 is 10.6 Å². The number of nitrogens with zero attached hydrogens (tertiary/aromatic N) is 2. The predicted molar refractivity (Wildman–Crippen MR) is 93.6 cm³/mol. The van der Waals surface area contributed by atoms with Gasteiger partial charge in [-0.2, -0.15) is 0 Å². The summed E-state index contributed by atoms with van der Waals surface area (Å²) in [6, 6.07) is 4.73. The number of aromatic nitrogens is 1. The Hall–Kier alpha value is -1.46. The second kappa shape index (κ2) is 6.81. The van der Waals surface area contributed by atoms with E-state index in [9.17, 15) is 4.79 Å². The number of carbonyl (C=O) groups excluding carboxylic acids is 1. The van der Waals surface area contributed by atoms with E-state index in [4.69, 9.17) is 0 Å². The molecule has 24 heavy (non-hydrogen) atoms. The quantitative estimate of drug-likeness (QED) is 0.853. The second-order valence-electron chi connectivity index (χ2n) is 7.72. The van der Waals surface area contributed by atoms with Gasteiger partial charge in [-0.3, -0.25) is 14.7 Å². The smallest absolute Gasteiger partial charge is 0.229 e. The van der Waals surface area contributed by atoms with Gasteiger partial charge in [0.05, 0.1) is 5.41 Å². The molecule has 3 fully saturated rings. The molecule has 1 amide bonds. The number of fused-ring (bicyclic) bond motifs is 1. The third kappa shape index (κ3) is 2.95. The molecule has 1 aliphatic carbocycles. The van der Waals surface area contributed by atoms with Crippen LogP contribution < -0.4 is 10.6 Å². The van der Waals surface area contributed by atoms with Gasteiger partial charge in [-0.25, -0.2) is 0 Å². The molecule has 3 heterocycles. The van der Waals surface area contributed by atoms with E-state index in [1.807, 2.05) is 12.3 Å². The van der Waals surface area contributed by atoms with Crippen LogP contribution in [0.5, 0.6) is 0 Å². The van der Waals surface area contributed by atoms with Gasteiger partial charge in [0, 0.05) is 57.1 Å². The standard InChI is InChI=1S/C19H28N4O/c24-18(22-9-7-15-4-3-8-20-10-15)19-13-21-11-16(19)12-23(14-19)17-5-1-2-6-17/h3-4,8,10,16-17,21H,1-2,5-7,9,11-14H2,(H,22,24)/t16-,19-/m0/s1. The van der Waals surface area contributed by atoms with Crippen LogP contribution in [0.25, 0.3) is 0 Å². The highest BCUT2D eigenvalue weighted by molar-refractivity contribution is 5.84. The molecule has 130 valence electrons. The number of pyridine rings is 1. The molecule has 2 atom stereocenters. The van der Waals surface area contributed by atoms with Crippen molar-refractivity contribution in [1.29, 1.82) is 0 Å². The fourth-order valence-electron chi connectivity index (χ4n) is 4.87. The Morgan fingerprint density at radius 1 is 1.42 bits per heavy atom. The Morgan fingerprint density at radius 3 is 3.08 bits per heavy atom. The minimum Gasteiger partial charge on any atom is -0.355 e. The molecule has 2 aliphatic heterocycles. The third-order valence-electron chi connectivity index (χ3n) is 6.27. The Kier molecular flexibility index (Phi) is 4.55. The van der Waals surface area contributed by atoms with E-state index >= 15 is 0 Å². The summed E-state index contributed by atoms with van der Waals surface area (Å²) in [6.07, 6.45) is 9.86. The zero-order chi connectivity index (χ0) is 16.4. The van der Waals surface area contributed by atoms with Crippen LogP contribution in [0.2, 0.25) is 0 Å². The molecule has 0 spiro atoms. The van der Waals surface area contributed by atoms with Crippen molar-refractivity contribution in [1.82, 2.24) is 20.5 Å². The van der Waals surface area contributed by atoms with Gasteiger partial charge in [0.25, 0.3) is 0 Å². The summed E-state index contributed by atoms with van der Waals surface area (Å²) in [5.41, 5.74) is 0.966. The first-order valence-electron chi connectivity index (χ1n) is 9.40.